The second kappa shape index (κ2) is 11.9. The van der Waals surface area contributed by atoms with Crippen LogP contribution in [0, 0.1) is 5.92 Å². The molecule has 4 aromatic rings. The molecule has 0 saturated carbocycles. The third kappa shape index (κ3) is 5.86. The molecule has 3 amide bonds. The number of carbonyl (C=O) groups is 3. The van der Waals surface area contributed by atoms with Gasteiger partial charge in [-0.15, -0.1) is 0 Å². The molecule has 1 saturated heterocycles. The third-order valence-corrected chi connectivity index (χ3v) is 11.7. The first-order valence-corrected chi connectivity index (χ1v) is 17.6. The van der Waals surface area contributed by atoms with E-state index in [0.29, 0.717) is 21.3 Å². The molecular formula is C30H26BrN5O6S3. The molecule has 1 aromatic heterocycles. The third-order valence-electron chi connectivity index (χ3n) is 7.67. The first kappa shape index (κ1) is 31.2. The van der Waals surface area contributed by atoms with Crippen molar-refractivity contribution in [2.75, 3.05) is 29.2 Å². The Bertz CT molecular complexity index is 1990. The molecular weight excluding hydrogens is 702 g/mol. The van der Waals surface area contributed by atoms with Crippen molar-refractivity contribution >= 4 is 83.8 Å². The number of nitrogens with two attached hydrogens (primary N) is 1. The van der Waals surface area contributed by atoms with Gasteiger partial charge in [-0.25, -0.2) is 18.5 Å². The summed E-state index contributed by atoms with van der Waals surface area (Å²) in [4.78, 5) is 57.7. The van der Waals surface area contributed by atoms with E-state index in [1.54, 1.807) is 24.3 Å². The average Bonchev–Trinajstić information content (AvgIpc) is 3.43. The van der Waals surface area contributed by atoms with Gasteiger partial charge < -0.3 is 10.2 Å². The van der Waals surface area contributed by atoms with Gasteiger partial charge in [0.25, 0.3) is 0 Å². The maximum Gasteiger partial charge on any atom is 0.308 e. The molecule has 0 spiro atoms. The van der Waals surface area contributed by atoms with Crippen molar-refractivity contribution in [3.63, 3.8) is 0 Å². The second-order valence-electron chi connectivity index (χ2n) is 10.8. The minimum Gasteiger partial charge on any atom is -0.378 e. The number of benzene rings is 3. The summed E-state index contributed by atoms with van der Waals surface area (Å²) in [6.07, 6.45) is 0. The standard InChI is InChI=1S/C30H26BrN5O6S3/c1-34(2)19-9-3-16(4-10-19)23-24-25(28(39)36(27(24)38)20-11-5-17(31)6-12-20)43-29-26(23)44-30(40)35(29)15-22(37)33-18-7-13-21(14-8-18)45(32,41)42/h3-14,23-25H,15H2,1-2H3,(H,33,37)(H2,32,41,42). The van der Waals surface area contributed by atoms with Gasteiger partial charge in [0, 0.05) is 40.7 Å². The zero-order chi connectivity index (χ0) is 32.2. The summed E-state index contributed by atoms with van der Waals surface area (Å²) in [6, 6.07) is 19.9. The van der Waals surface area contributed by atoms with Crippen molar-refractivity contribution in [3.05, 3.63) is 97.4 Å². The molecule has 11 nitrogen and oxygen atoms in total. The number of anilines is 3. The fraction of sp³-hybridized carbons (Fsp3) is 0.200. The summed E-state index contributed by atoms with van der Waals surface area (Å²) in [6.45, 7) is -0.350. The number of nitrogens with one attached hydrogen (secondary N) is 1. The van der Waals surface area contributed by atoms with Crippen molar-refractivity contribution in [2.24, 2.45) is 11.1 Å². The molecule has 0 aliphatic carbocycles. The Morgan fingerprint density at radius 1 is 0.956 bits per heavy atom. The van der Waals surface area contributed by atoms with Crippen molar-refractivity contribution in [1.82, 2.24) is 4.57 Å². The number of carbonyl (C=O) groups excluding carboxylic acids is 3. The average molecular weight is 729 g/mol. The molecule has 0 radical (unpaired) electrons. The summed E-state index contributed by atoms with van der Waals surface area (Å²) in [7, 11) is -0.0628. The number of thiazole rings is 1. The number of nitrogens with zero attached hydrogens (tertiary/aromatic N) is 3. The Kier molecular flexibility index (Phi) is 8.24. The number of halogens is 1. The fourth-order valence-electron chi connectivity index (χ4n) is 5.51. The highest BCUT2D eigenvalue weighted by Gasteiger charge is 2.56. The molecule has 3 aromatic carbocycles. The SMILES string of the molecule is CN(C)c1ccc(C2c3sc(=O)n(CC(=O)Nc4ccc(S(N)(=O)=O)cc4)c3SC3C(=O)N(c4ccc(Br)cc4)C(=O)C32)cc1. The van der Waals surface area contributed by atoms with E-state index < -0.39 is 37.9 Å². The van der Waals surface area contributed by atoms with Gasteiger partial charge in [-0.05, 0) is 66.2 Å². The number of thioether (sulfide) groups is 1. The predicted molar refractivity (Wildman–Crippen MR) is 177 cm³/mol. The van der Waals surface area contributed by atoms with Gasteiger partial charge in [0.15, 0.2) is 0 Å². The lowest BCUT2D eigenvalue weighted by atomic mass is 9.83. The van der Waals surface area contributed by atoms with E-state index in [-0.39, 0.29) is 23.3 Å². The van der Waals surface area contributed by atoms with E-state index in [1.165, 1.54) is 33.7 Å². The number of sulfonamides is 1. The first-order valence-electron chi connectivity index (χ1n) is 13.6. The van der Waals surface area contributed by atoms with E-state index in [2.05, 4.69) is 21.2 Å². The number of hydrogen-bond donors (Lipinski definition) is 2. The summed E-state index contributed by atoms with van der Waals surface area (Å²) in [5.74, 6) is -2.61. The monoisotopic (exact) mass is 727 g/mol. The molecule has 1 fully saturated rings. The Hall–Kier alpha value is -3.76. The zero-order valence-electron chi connectivity index (χ0n) is 23.8. The van der Waals surface area contributed by atoms with E-state index in [9.17, 15) is 27.6 Å². The molecule has 3 unspecified atom stereocenters. The van der Waals surface area contributed by atoms with Gasteiger partial charge in [-0.3, -0.25) is 23.7 Å². The fourth-order valence-corrected chi connectivity index (χ4v) is 9.06. The first-order chi connectivity index (χ1) is 21.3. The Balaban J connectivity index is 1.37. The number of aromatic nitrogens is 1. The molecule has 3 N–H and O–H groups in total. The van der Waals surface area contributed by atoms with Crippen LogP contribution in [0.25, 0.3) is 0 Å². The van der Waals surface area contributed by atoms with Crippen LogP contribution in [0.2, 0.25) is 0 Å². The van der Waals surface area contributed by atoms with Gasteiger partial charge in [-0.1, -0.05) is 51.2 Å². The minimum absolute atomic E-state index is 0.104. The van der Waals surface area contributed by atoms with Crippen molar-refractivity contribution in [3.8, 4) is 0 Å². The van der Waals surface area contributed by atoms with Crippen LogP contribution in [-0.4, -0.2) is 50.1 Å². The largest absolute Gasteiger partial charge is 0.378 e. The van der Waals surface area contributed by atoms with Crippen molar-refractivity contribution in [2.45, 2.75) is 27.6 Å². The Morgan fingerprint density at radius 3 is 2.20 bits per heavy atom. The highest BCUT2D eigenvalue weighted by Crippen LogP contribution is 2.54. The maximum absolute atomic E-state index is 14.0. The summed E-state index contributed by atoms with van der Waals surface area (Å²) >= 11 is 5.49. The van der Waals surface area contributed by atoms with Gasteiger partial charge in [0.2, 0.25) is 27.7 Å². The number of hydrogen-bond acceptors (Lipinski definition) is 9. The molecule has 6 rings (SSSR count). The number of imide groups is 1. The van der Waals surface area contributed by atoms with Crippen molar-refractivity contribution in [1.29, 1.82) is 0 Å². The lowest BCUT2D eigenvalue weighted by Crippen LogP contribution is -2.33. The van der Waals surface area contributed by atoms with Crippen LogP contribution in [0.5, 0.6) is 0 Å². The molecule has 15 heteroatoms. The predicted octanol–water partition coefficient (Wildman–Crippen LogP) is 3.82. The second-order valence-corrected chi connectivity index (χ2v) is 15.4. The van der Waals surface area contributed by atoms with Crippen LogP contribution in [-0.2, 0) is 31.0 Å². The molecule has 3 heterocycles. The molecule has 232 valence electrons. The van der Waals surface area contributed by atoms with Crippen molar-refractivity contribution < 1.29 is 22.8 Å². The van der Waals surface area contributed by atoms with Crippen LogP contribution in [0.3, 0.4) is 0 Å². The normalized spacial score (nSPS) is 19.3. The minimum atomic E-state index is -3.90. The lowest BCUT2D eigenvalue weighted by molar-refractivity contribution is -0.122. The lowest BCUT2D eigenvalue weighted by Gasteiger charge is -2.31. The summed E-state index contributed by atoms with van der Waals surface area (Å²) in [5, 5.41) is 7.47. The maximum atomic E-state index is 14.0. The Labute approximate surface area is 275 Å². The molecule has 0 bridgehead atoms. The van der Waals surface area contributed by atoms with Gasteiger partial charge in [0.1, 0.15) is 11.8 Å². The van der Waals surface area contributed by atoms with E-state index in [0.717, 1.165) is 38.8 Å². The van der Waals surface area contributed by atoms with E-state index >= 15 is 0 Å². The highest BCUT2D eigenvalue weighted by molar-refractivity contribution is 9.10. The number of amides is 3. The number of primary sulfonamides is 1. The zero-order valence-corrected chi connectivity index (χ0v) is 27.9. The topological polar surface area (TPSA) is 152 Å². The summed E-state index contributed by atoms with van der Waals surface area (Å²) in [5.41, 5.74) is 2.51. The molecule has 2 aliphatic heterocycles. The molecule has 3 atom stereocenters. The van der Waals surface area contributed by atoms with Crippen LogP contribution in [0.4, 0.5) is 17.1 Å². The van der Waals surface area contributed by atoms with Crippen LogP contribution < -0.4 is 25.1 Å². The highest BCUT2D eigenvalue weighted by atomic mass is 79.9. The Morgan fingerprint density at radius 2 is 1.60 bits per heavy atom. The quantitative estimate of drug-likeness (QED) is 0.273. The number of rotatable bonds is 7. The molecule has 45 heavy (non-hydrogen) atoms. The molecule has 2 aliphatic rings. The number of fused-ring (bicyclic) bond motifs is 2. The van der Waals surface area contributed by atoms with Gasteiger partial charge >= 0.3 is 4.87 Å². The van der Waals surface area contributed by atoms with E-state index in [4.69, 9.17) is 5.14 Å². The van der Waals surface area contributed by atoms with Gasteiger partial charge in [0.05, 0.1) is 21.5 Å². The summed E-state index contributed by atoms with van der Waals surface area (Å²) < 4.78 is 25.3. The van der Waals surface area contributed by atoms with Crippen LogP contribution >= 0.6 is 39.0 Å². The van der Waals surface area contributed by atoms with E-state index in [1.807, 2.05) is 43.3 Å². The smallest absolute Gasteiger partial charge is 0.308 e. The van der Waals surface area contributed by atoms with Crippen LogP contribution in [0.1, 0.15) is 16.4 Å². The van der Waals surface area contributed by atoms with Gasteiger partial charge in [-0.2, -0.15) is 0 Å². The van der Waals surface area contributed by atoms with Crippen LogP contribution in [0.15, 0.2) is 92.0 Å².